The Morgan fingerprint density at radius 2 is 1.69 bits per heavy atom. The normalized spacial score (nSPS) is 12.9. The summed E-state index contributed by atoms with van der Waals surface area (Å²) in [5, 5.41) is 1.13. The second-order valence-corrected chi connectivity index (χ2v) is 5.19. The summed E-state index contributed by atoms with van der Waals surface area (Å²) in [6, 6.07) is 5.30. The predicted molar refractivity (Wildman–Crippen MR) is 69.2 cm³/mol. The molecule has 0 radical (unpaired) electrons. The zero-order valence-corrected chi connectivity index (χ0v) is 11.3. The van der Waals surface area contributed by atoms with Gasteiger partial charge in [-0.1, -0.05) is 50.0 Å². The van der Waals surface area contributed by atoms with Crippen molar-refractivity contribution in [1.29, 1.82) is 0 Å². The van der Waals surface area contributed by atoms with Gasteiger partial charge < -0.3 is 0 Å². The Labute approximate surface area is 107 Å². The van der Waals surface area contributed by atoms with Crippen LogP contribution in [0.5, 0.6) is 0 Å². The number of hydrogen-bond donors (Lipinski definition) is 0. The molecule has 0 aromatic heterocycles. The molecule has 3 heteroatoms. The maximum atomic E-state index is 11.9. The quantitative estimate of drug-likeness (QED) is 0.783. The van der Waals surface area contributed by atoms with E-state index in [1.54, 1.807) is 18.2 Å². The molecule has 0 amide bonds. The Kier molecular flexibility index (Phi) is 4.82. The molecule has 0 heterocycles. The fraction of sp³-hybridized carbons (Fsp3) is 0.462. The fourth-order valence-electron chi connectivity index (χ4n) is 1.41. The van der Waals surface area contributed by atoms with Gasteiger partial charge >= 0.3 is 0 Å². The van der Waals surface area contributed by atoms with Crippen LogP contribution in [0.2, 0.25) is 10.0 Å². The van der Waals surface area contributed by atoms with Gasteiger partial charge in [-0.2, -0.15) is 0 Å². The van der Waals surface area contributed by atoms with E-state index in [0.717, 1.165) is 5.56 Å². The number of benzene rings is 1. The molecule has 0 saturated carbocycles. The van der Waals surface area contributed by atoms with E-state index in [1.807, 2.05) is 20.8 Å². The van der Waals surface area contributed by atoms with E-state index in [0.29, 0.717) is 22.4 Å². The second-order valence-electron chi connectivity index (χ2n) is 4.38. The Morgan fingerprint density at radius 1 is 1.19 bits per heavy atom. The van der Waals surface area contributed by atoms with Crippen LogP contribution >= 0.6 is 23.2 Å². The number of carbonyl (C=O) groups excluding carboxylic acids is 1. The average molecular weight is 259 g/mol. The van der Waals surface area contributed by atoms with Crippen molar-refractivity contribution in [2.75, 3.05) is 0 Å². The molecule has 0 N–H and O–H groups in total. The molecule has 16 heavy (non-hydrogen) atoms. The van der Waals surface area contributed by atoms with Crippen LogP contribution in [0.15, 0.2) is 18.2 Å². The van der Waals surface area contributed by atoms with Crippen LogP contribution in [-0.4, -0.2) is 5.78 Å². The number of Topliss-reactive ketones (excluding diaryl/α,β-unsaturated/α-hetero) is 1. The van der Waals surface area contributed by atoms with E-state index in [9.17, 15) is 4.79 Å². The third-order valence-corrected chi connectivity index (χ3v) is 3.63. The lowest BCUT2D eigenvalue weighted by Gasteiger charge is -2.15. The number of hydrogen-bond acceptors (Lipinski definition) is 1. The van der Waals surface area contributed by atoms with Gasteiger partial charge in [0.25, 0.3) is 0 Å². The average Bonchev–Trinajstić information content (AvgIpc) is 2.22. The van der Waals surface area contributed by atoms with Gasteiger partial charge in [0.2, 0.25) is 0 Å². The summed E-state index contributed by atoms with van der Waals surface area (Å²) in [4.78, 5) is 11.9. The molecular formula is C13H16Cl2O. The fourth-order valence-corrected chi connectivity index (χ4v) is 1.94. The molecule has 1 rings (SSSR count). The van der Waals surface area contributed by atoms with Crippen molar-refractivity contribution in [3.05, 3.63) is 33.8 Å². The first kappa shape index (κ1) is 13.5. The van der Waals surface area contributed by atoms with Gasteiger partial charge in [-0.15, -0.1) is 0 Å². The van der Waals surface area contributed by atoms with E-state index in [4.69, 9.17) is 23.2 Å². The van der Waals surface area contributed by atoms with Crippen LogP contribution in [0.25, 0.3) is 0 Å². The van der Waals surface area contributed by atoms with E-state index in [1.165, 1.54) is 0 Å². The van der Waals surface area contributed by atoms with Crippen molar-refractivity contribution >= 4 is 29.0 Å². The van der Waals surface area contributed by atoms with Gasteiger partial charge in [0, 0.05) is 22.4 Å². The highest BCUT2D eigenvalue weighted by Gasteiger charge is 2.19. The van der Waals surface area contributed by atoms with Crippen LogP contribution in [0.4, 0.5) is 0 Å². The van der Waals surface area contributed by atoms with Crippen LogP contribution in [-0.2, 0) is 11.2 Å². The first-order chi connectivity index (χ1) is 7.43. The number of carbonyl (C=O) groups is 1. The molecule has 1 atom stereocenters. The maximum absolute atomic E-state index is 11.9. The Bertz CT molecular complexity index is 365. The SMILES string of the molecule is CC(C)C(C)C(=O)Cc1c(Cl)cccc1Cl. The summed E-state index contributed by atoms with van der Waals surface area (Å²) in [7, 11) is 0. The third kappa shape index (κ3) is 3.23. The van der Waals surface area contributed by atoms with Crippen LogP contribution in [0, 0.1) is 11.8 Å². The molecule has 0 aliphatic rings. The molecule has 0 saturated heterocycles. The minimum absolute atomic E-state index is 0.0346. The molecule has 0 aliphatic heterocycles. The third-order valence-electron chi connectivity index (χ3n) is 2.92. The van der Waals surface area contributed by atoms with Crippen LogP contribution < -0.4 is 0 Å². The Balaban J connectivity index is 2.85. The second kappa shape index (κ2) is 5.70. The lowest BCUT2D eigenvalue weighted by atomic mass is 9.90. The van der Waals surface area contributed by atoms with Gasteiger partial charge in [0.1, 0.15) is 5.78 Å². The first-order valence-electron chi connectivity index (χ1n) is 5.39. The summed E-state index contributed by atoms with van der Waals surface area (Å²) in [6.45, 7) is 6.02. The van der Waals surface area contributed by atoms with E-state index >= 15 is 0 Å². The van der Waals surface area contributed by atoms with Crippen molar-refractivity contribution < 1.29 is 4.79 Å². The zero-order chi connectivity index (χ0) is 12.3. The van der Waals surface area contributed by atoms with Gasteiger partial charge in [-0.3, -0.25) is 4.79 Å². The molecule has 0 aliphatic carbocycles. The first-order valence-corrected chi connectivity index (χ1v) is 6.14. The number of ketones is 1. The summed E-state index contributed by atoms with van der Waals surface area (Å²) in [6.07, 6.45) is 0.317. The number of rotatable bonds is 4. The minimum Gasteiger partial charge on any atom is -0.299 e. The summed E-state index contributed by atoms with van der Waals surface area (Å²) >= 11 is 12.0. The highest BCUT2D eigenvalue weighted by Crippen LogP contribution is 2.26. The molecule has 1 aromatic rings. The van der Waals surface area contributed by atoms with Crippen molar-refractivity contribution in [2.45, 2.75) is 27.2 Å². The zero-order valence-electron chi connectivity index (χ0n) is 9.76. The highest BCUT2D eigenvalue weighted by atomic mass is 35.5. The molecular weight excluding hydrogens is 243 g/mol. The van der Waals surface area contributed by atoms with E-state index < -0.39 is 0 Å². The molecule has 1 nitrogen and oxygen atoms in total. The predicted octanol–water partition coefficient (Wildman–Crippen LogP) is 4.40. The van der Waals surface area contributed by atoms with Gasteiger partial charge in [-0.25, -0.2) is 0 Å². The van der Waals surface area contributed by atoms with Crippen molar-refractivity contribution in [1.82, 2.24) is 0 Å². The van der Waals surface area contributed by atoms with Gasteiger partial charge in [-0.05, 0) is 23.6 Å². The molecule has 0 spiro atoms. The van der Waals surface area contributed by atoms with Gasteiger partial charge in [0.05, 0.1) is 0 Å². The summed E-state index contributed by atoms with van der Waals surface area (Å²) in [5.74, 6) is 0.561. The monoisotopic (exact) mass is 258 g/mol. The standard InChI is InChI=1S/C13H16Cl2O/c1-8(2)9(3)13(16)7-10-11(14)5-4-6-12(10)15/h4-6,8-9H,7H2,1-3H3. The molecule has 0 bridgehead atoms. The van der Waals surface area contributed by atoms with Crippen molar-refractivity contribution in [3.8, 4) is 0 Å². The largest absolute Gasteiger partial charge is 0.299 e. The van der Waals surface area contributed by atoms with E-state index in [-0.39, 0.29) is 11.7 Å². The maximum Gasteiger partial charge on any atom is 0.140 e. The van der Waals surface area contributed by atoms with Crippen molar-refractivity contribution in [2.24, 2.45) is 11.8 Å². The lowest BCUT2D eigenvalue weighted by molar-refractivity contribution is -0.122. The van der Waals surface area contributed by atoms with Crippen LogP contribution in [0.1, 0.15) is 26.3 Å². The molecule has 1 unspecified atom stereocenters. The Morgan fingerprint density at radius 3 is 2.12 bits per heavy atom. The lowest BCUT2D eigenvalue weighted by Crippen LogP contribution is -2.19. The highest BCUT2D eigenvalue weighted by molar-refractivity contribution is 6.36. The van der Waals surface area contributed by atoms with Gasteiger partial charge in [0.15, 0.2) is 0 Å². The summed E-state index contributed by atoms with van der Waals surface area (Å²) < 4.78 is 0. The molecule has 88 valence electrons. The van der Waals surface area contributed by atoms with Crippen molar-refractivity contribution in [3.63, 3.8) is 0 Å². The minimum atomic E-state index is 0.0346. The molecule has 0 fully saturated rings. The topological polar surface area (TPSA) is 17.1 Å². The molecule has 1 aromatic carbocycles. The van der Waals surface area contributed by atoms with E-state index in [2.05, 4.69) is 0 Å². The number of halogens is 2. The smallest absolute Gasteiger partial charge is 0.140 e. The summed E-state index contributed by atoms with van der Waals surface area (Å²) in [5.41, 5.74) is 0.739. The van der Waals surface area contributed by atoms with Crippen LogP contribution in [0.3, 0.4) is 0 Å². The Hall–Kier alpha value is -0.530.